The number of hydrogen-bond acceptors (Lipinski definition) is 3. The van der Waals surface area contributed by atoms with Crippen molar-refractivity contribution in [1.82, 2.24) is 5.32 Å². The molecule has 0 aromatic heterocycles. The fourth-order valence-electron chi connectivity index (χ4n) is 1.26. The average Bonchev–Trinajstić information content (AvgIpc) is 2.35. The van der Waals surface area contributed by atoms with Crippen LogP contribution in [0.2, 0.25) is 0 Å². The normalized spacial score (nSPS) is 9.22. The smallest absolute Gasteiger partial charge is 0.410 e. The second-order valence-electron chi connectivity index (χ2n) is 3.58. The van der Waals surface area contributed by atoms with Gasteiger partial charge in [-0.05, 0) is 31.5 Å². The Kier molecular flexibility index (Phi) is 6.37. The van der Waals surface area contributed by atoms with Crippen molar-refractivity contribution >= 4 is 6.09 Å². The summed E-state index contributed by atoms with van der Waals surface area (Å²) in [7, 11) is 0. The monoisotopic (exact) mass is 247 g/mol. The highest BCUT2D eigenvalue weighted by Crippen LogP contribution is 2.12. The van der Waals surface area contributed by atoms with E-state index >= 15 is 0 Å². The van der Waals surface area contributed by atoms with Crippen molar-refractivity contribution in [2.75, 3.05) is 13.2 Å². The van der Waals surface area contributed by atoms with Crippen molar-refractivity contribution in [2.24, 2.45) is 0 Å². The first-order valence-corrected chi connectivity index (χ1v) is 5.91. The SMILES string of the molecule is CCNC(=O)Oc1cccc(C#CCCCO)c1. The third-order valence-electron chi connectivity index (χ3n) is 2.06. The second kappa shape index (κ2) is 8.15. The topological polar surface area (TPSA) is 58.6 Å². The van der Waals surface area contributed by atoms with Crippen LogP contribution < -0.4 is 10.1 Å². The molecule has 0 aliphatic heterocycles. The van der Waals surface area contributed by atoms with E-state index in [1.165, 1.54) is 0 Å². The molecule has 1 aromatic rings. The van der Waals surface area contributed by atoms with Crippen LogP contribution in [0.5, 0.6) is 5.75 Å². The molecule has 0 atom stereocenters. The summed E-state index contributed by atoms with van der Waals surface area (Å²) in [5, 5.41) is 11.2. The molecule has 0 fully saturated rings. The molecule has 0 radical (unpaired) electrons. The minimum Gasteiger partial charge on any atom is -0.410 e. The van der Waals surface area contributed by atoms with Crippen molar-refractivity contribution in [3.8, 4) is 17.6 Å². The fourth-order valence-corrected chi connectivity index (χ4v) is 1.26. The molecular weight excluding hydrogens is 230 g/mol. The second-order valence-corrected chi connectivity index (χ2v) is 3.58. The van der Waals surface area contributed by atoms with Crippen LogP contribution in [0.25, 0.3) is 0 Å². The van der Waals surface area contributed by atoms with E-state index in [4.69, 9.17) is 9.84 Å². The van der Waals surface area contributed by atoms with Gasteiger partial charge in [-0.15, -0.1) is 0 Å². The predicted molar refractivity (Wildman–Crippen MR) is 69.3 cm³/mol. The van der Waals surface area contributed by atoms with Gasteiger partial charge in [0.2, 0.25) is 0 Å². The lowest BCUT2D eigenvalue weighted by molar-refractivity contribution is 0.201. The number of ether oxygens (including phenoxy) is 1. The number of rotatable bonds is 4. The standard InChI is InChI=1S/C14H17NO3/c1-2-15-14(17)18-13-9-6-8-12(11-13)7-4-3-5-10-16/h6,8-9,11,16H,2-3,5,10H2,1H3,(H,15,17). The van der Waals surface area contributed by atoms with E-state index in [2.05, 4.69) is 17.2 Å². The van der Waals surface area contributed by atoms with E-state index in [-0.39, 0.29) is 6.61 Å². The summed E-state index contributed by atoms with van der Waals surface area (Å²) in [5.41, 5.74) is 0.787. The Bertz CT molecular complexity index is 446. The zero-order valence-corrected chi connectivity index (χ0v) is 10.4. The molecule has 2 N–H and O–H groups in total. The van der Waals surface area contributed by atoms with Crippen LogP contribution in [0.3, 0.4) is 0 Å². The molecule has 0 aliphatic carbocycles. The Morgan fingerprint density at radius 3 is 3.06 bits per heavy atom. The number of unbranched alkanes of at least 4 members (excludes halogenated alkanes) is 1. The van der Waals surface area contributed by atoms with Gasteiger partial charge < -0.3 is 15.2 Å². The highest BCUT2D eigenvalue weighted by atomic mass is 16.5. The van der Waals surface area contributed by atoms with Gasteiger partial charge in [0.05, 0.1) is 0 Å². The first kappa shape index (κ1) is 14.1. The van der Waals surface area contributed by atoms with Crippen LogP contribution in [-0.4, -0.2) is 24.4 Å². The largest absolute Gasteiger partial charge is 0.412 e. The summed E-state index contributed by atoms with van der Waals surface area (Å²) in [6.45, 7) is 2.50. The third-order valence-corrected chi connectivity index (χ3v) is 2.06. The van der Waals surface area contributed by atoms with Crippen LogP contribution in [0.1, 0.15) is 25.3 Å². The summed E-state index contributed by atoms with van der Waals surface area (Å²) >= 11 is 0. The maximum atomic E-state index is 11.2. The van der Waals surface area contributed by atoms with Gasteiger partial charge in [0.1, 0.15) is 5.75 Å². The van der Waals surface area contributed by atoms with E-state index in [1.807, 2.05) is 13.0 Å². The number of carbonyl (C=O) groups is 1. The van der Waals surface area contributed by atoms with E-state index in [9.17, 15) is 4.79 Å². The average molecular weight is 247 g/mol. The third kappa shape index (κ3) is 5.37. The number of aliphatic hydroxyl groups is 1. The molecule has 1 amide bonds. The zero-order valence-electron chi connectivity index (χ0n) is 10.4. The highest BCUT2D eigenvalue weighted by Gasteiger charge is 2.02. The van der Waals surface area contributed by atoms with E-state index in [1.54, 1.807) is 18.2 Å². The van der Waals surface area contributed by atoms with Crippen molar-refractivity contribution < 1.29 is 14.6 Å². The molecule has 0 unspecified atom stereocenters. The van der Waals surface area contributed by atoms with Crippen molar-refractivity contribution in [2.45, 2.75) is 19.8 Å². The Hall–Kier alpha value is -1.99. The van der Waals surface area contributed by atoms with Gasteiger partial charge in [-0.2, -0.15) is 0 Å². The minimum absolute atomic E-state index is 0.148. The highest BCUT2D eigenvalue weighted by molar-refractivity contribution is 5.70. The van der Waals surface area contributed by atoms with E-state index in [0.717, 1.165) is 5.56 Å². The summed E-state index contributed by atoms with van der Waals surface area (Å²) in [5.74, 6) is 6.36. The number of aliphatic hydroxyl groups excluding tert-OH is 1. The molecule has 1 rings (SSSR count). The summed E-state index contributed by atoms with van der Waals surface area (Å²) < 4.78 is 5.07. The first-order chi connectivity index (χ1) is 8.76. The molecule has 0 bridgehead atoms. The number of hydrogen-bond donors (Lipinski definition) is 2. The van der Waals surface area contributed by atoms with Crippen molar-refractivity contribution in [1.29, 1.82) is 0 Å². The van der Waals surface area contributed by atoms with E-state index in [0.29, 0.717) is 25.1 Å². The van der Waals surface area contributed by atoms with Crippen LogP contribution in [-0.2, 0) is 0 Å². The molecule has 18 heavy (non-hydrogen) atoms. The summed E-state index contributed by atoms with van der Waals surface area (Å²) in [6, 6.07) is 7.04. The van der Waals surface area contributed by atoms with Crippen LogP contribution in [0.4, 0.5) is 4.79 Å². The number of amides is 1. The molecule has 4 heteroatoms. The lowest BCUT2D eigenvalue weighted by atomic mass is 10.2. The van der Waals surface area contributed by atoms with Gasteiger partial charge >= 0.3 is 6.09 Å². The molecule has 1 aromatic carbocycles. The number of nitrogens with one attached hydrogen (secondary N) is 1. The van der Waals surface area contributed by atoms with Crippen molar-refractivity contribution in [3.63, 3.8) is 0 Å². The Morgan fingerprint density at radius 2 is 2.33 bits per heavy atom. The minimum atomic E-state index is -0.470. The lowest BCUT2D eigenvalue weighted by Crippen LogP contribution is -2.26. The predicted octanol–water partition coefficient (Wildman–Crippen LogP) is 1.92. The molecule has 0 spiro atoms. The molecule has 0 saturated carbocycles. The molecule has 4 nitrogen and oxygen atoms in total. The zero-order chi connectivity index (χ0) is 13.2. The summed E-state index contributed by atoms with van der Waals surface area (Å²) in [4.78, 5) is 11.2. The van der Waals surface area contributed by atoms with E-state index < -0.39 is 6.09 Å². The number of carbonyl (C=O) groups excluding carboxylic acids is 1. The van der Waals surface area contributed by atoms with Crippen LogP contribution in [0, 0.1) is 11.8 Å². The maximum absolute atomic E-state index is 11.2. The van der Waals surface area contributed by atoms with Gasteiger partial charge in [-0.1, -0.05) is 17.9 Å². The molecule has 0 aliphatic rings. The van der Waals surface area contributed by atoms with Gasteiger partial charge in [-0.25, -0.2) is 4.79 Å². The first-order valence-electron chi connectivity index (χ1n) is 5.91. The van der Waals surface area contributed by atoms with Crippen molar-refractivity contribution in [3.05, 3.63) is 29.8 Å². The Balaban J connectivity index is 2.60. The van der Waals surface area contributed by atoms with Crippen LogP contribution in [0.15, 0.2) is 24.3 Å². The maximum Gasteiger partial charge on any atom is 0.412 e. The van der Waals surface area contributed by atoms with Gasteiger partial charge in [0.25, 0.3) is 0 Å². The molecule has 96 valence electrons. The fraction of sp³-hybridized carbons (Fsp3) is 0.357. The molecule has 0 saturated heterocycles. The lowest BCUT2D eigenvalue weighted by Gasteiger charge is -2.04. The van der Waals surface area contributed by atoms with Crippen LogP contribution >= 0.6 is 0 Å². The van der Waals surface area contributed by atoms with Gasteiger partial charge in [-0.3, -0.25) is 0 Å². The summed E-state index contributed by atoms with van der Waals surface area (Å²) in [6.07, 6.45) is 0.850. The Morgan fingerprint density at radius 1 is 1.50 bits per heavy atom. The molecular formula is C14H17NO3. The Labute approximate surface area is 107 Å². The number of benzene rings is 1. The van der Waals surface area contributed by atoms with Gasteiger partial charge in [0, 0.05) is 25.1 Å². The molecule has 0 heterocycles. The van der Waals surface area contributed by atoms with Gasteiger partial charge in [0.15, 0.2) is 0 Å². The quantitative estimate of drug-likeness (QED) is 0.631.